The molecule has 0 spiro atoms. The van der Waals surface area contributed by atoms with E-state index in [1.807, 2.05) is 0 Å². The third-order valence-corrected chi connectivity index (χ3v) is 3.17. The van der Waals surface area contributed by atoms with Crippen LogP contribution >= 0.6 is 22.6 Å². The van der Waals surface area contributed by atoms with Crippen molar-refractivity contribution in [2.45, 2.75) is 41.7 Å². The number of halogens is 8. The highest BCUT2D eigenvalue weighted by atomic mass is 127. The van der Waals surface area contributed by atoms with Crippen LogP contribution in [-0.4, -0.2) is 21.9 Å². The first-order valence-corrected chi connectivity index (χ1v) is 5.16. The molecule has 0 radical (unpaired) electrons. The minimum Gasteiger partial charge on any atom is -0.224 e. The first-order chi connectivity index (χ1) is 6.45. The number of rotatable bonds is 3. The standard InChI is InChI=1S/C7H8F7I/c1-2-4(15)3-5(8,6(9,10)11)7(12,13)14/h4H,2-3H2,1H3/t4-/m1/s1. The first-order valence-electron chi connectivity index (χ1n) is 3.92. The highest BCUT2D eigenvalue weighted by molar-refractivity contribution is 14.1. The summed E-state index contributed by atoms with van der Waals surface area (Å²) in [4.78, 5) is 0. The van der Waals surface area contributed by atoms with Gasteiger partial charge in [-0.3, -0.25) is 0 Å². The highest BCUT2D eigenvalue weighted by Gasteiger charge is 2.72. The van der Waals surface area contributed by atoms with Gasteiger partial charge in [0.15, 0.2) is 0 Å². The molecule has 0 aliphatic heterocycles. The van der Waals surface area contributed by atoms with Crippen LogP contribution in [0.1, 0.15) is 19.8 Å². The van der Waals surface area contributed by atoms with E-state index in [2.05, 4.69) is 0 Å². The molecule has 8 heteroatoms. The predicted molar refractivity (Wildman–Crippen MR) is 48.7 cm³/mol. The van der Waals surface area contributed by atoms with E-state index in [1.165, 1.54) is 29.5 Å². The van der Waals surface area contributed by atoms with Crippen molar-refractivity contribution in [1.82, 2.24) is 0 Å². The Morgan fingerprint density at radius 2 is 1.27 bits per heavy atom. The van der Waals surface area contributed by atoms with Crippen LogP contribution in [0.25, 0.3) is 0 Å². The van der Waals surface area contributed by atoms with Crippen LogP contribution in [0.3, 0.4) is 0 Å². The van der Waals surface area contributed by atoms with E-state index in [-0.39, 0.29) is 6.42 Å². The molecule has 0 nitrogen and oxygen atoms in total. The highest BCUT2D eigenvalue weighted by Crippen LogP contribution is 2.49. The molecule has 0 aromatic carbocycles. The summed E-state index contributed by atoms with van der Waals surface area (Å²) in [6, 6.07) is 0. The van der Waals surface area contributed by atoms with Crippen molar-refractivity contribution in [3.8, 4) is 0 Å². The molecule has 0 amide bonds. The zero-order chi connectivity index (χ0) is 12.5. The third kappa shape index (κ3) is 3.35. The van der Waals surface area contributed by atoms with Crippen LogP contribution < -0.4 is 0 Å². The fraction of sp³-hybridized carbons (Fsp3) is 1.00. The average Bonchev–Trinajstić information content (AvgIpc) is 1.99. The summed E-state index contributed by atoms with van der Waals surface area (Å²) in [5.74, 6) is 0. The van der Waals surface area contributed by atoms with Gasteiger partial charge in [-0.1, -0.05) is 29.5 Å². The molecule has 0 saturated carbocycles. The van der Waals surface area contributed by atoms with Crippen LogP contribution in [0.2, 0.25) is 0 Å². The fourth-order valence-electron chi connectivity index (χ4n) is 0.842. The van der Waals surface area contributed by atoms with Gasteiger partial charge in [0.25, 0.3) is 5.67 Å². The lowest BCUT2D eigenvalue weighted by Crippen LogP contribution is -2.54. The van der Waals surface area contributed by atoms with E-state index < -0.39 is 28.4 Å². The quantitative estimate of drug-likeness (QED) is 0.401. The van der Waals surface area contributed by atoms with Crippen molar-refractivity contribution >= 4 is 22.6 Å². The van der Waals surface area contributed by atoms with Gasteiger partial charge in [-0.05, 0) is 6.42 Å². The monoisotopic (exact) mass is 352 g/mol. The second kappa shape index (κ2) is 4.62. The smallest absolute Gasteiger partial charge is 0.224 e. The maximum Gasteiger partial charge on any atom is 0.431 e. The van der Waals surface area contributed by atoms with Gasteiger partial charge in [0.05, 0.1) is 0 Å². The summed E-state index contributed by atoms with van der Waals surface area (Å²) in [7, 11) is 0. The van der Waals surface area contributed by atoms with Crippen molar-refractivity contribution < 1.29 is 30.7 Å². The first kappa shape index (κ1) is 15.2. The lowest BCUT2D eigenvalue weighted by molar-refractivity contribution is -0.342. The largest absolute Gasteiger partial charge is 0.431 e. The molecule has 15 heavy (non-hydrogen) atoms. The molecule has 0 heterocycles. The molecule has 0 aliphatic carbocycles. The van der Waals surface area contributed by atoms with Gasteiger partial charge < -0.3 is 0 Å². The molecule has 0 aromatic heterocycles. The van der Waals surface area contributed by atoms with E-state index in [0.29, 0.717) is 0 Å². The van der Waals surface area contributed by atoms with Gasteiger partial charge in [0, 0.05) is 10.3 Å². The van der Waals surface area contributed by atoms with E-state index in [1.54, 1.807) is 0 Å². The summed E-state index contributed by atoms with van der Waals surface area (Å²) < 4.78 is 84.0. The van der Waals surface area contributed by atoms with Crippen LogP contribution in [-0.2, 0) is 0 Å². The van der Waals surface area contributed by atoms with Crippen LogP contribution in [0, 0.1) is 0 Å². The summed E-state index contributed by atoms with van der Waals surface area (Å²) in [6.07, 6.45) is -13.4. The van der Waals surface area contributed by atoms with Crippen molar-refractivity contribution in [2.75, 3.05) is 0 Å². The molecule has 0 saturated heterocycles. The van der Waals surface area contributed by atoms with Crippen molar-refractivity contribution in [3.63, 3.8) is 0 Å². The topological polar surface area (TPSA) is 0 Å². The van der Waals surface area contributed by atoms with Gasteiger partial charge in [0.2, 0.25) is 0 Å². The lowest BCUT2D eigenvalue weighted by atomic mass is 9.97. The van der Waals surface area contributed by atoms with E-state index >= 15 is 0 Å². The second-order valence-electron chi connectivity index (χ2n) is 3.01. The van der Waals surface area contributed by atoms with Crippen molar-refractivity contribution in [2.24, 2.45) is 0 Å². The Hall–Kier alpha value is 0.240. The Bertz CT molecular complexity index is 192. The molecular weight excluding hydrogens is 344 g/mol. The van der Waals surface area contributed by atoms with Crippen LogP contribution in [0.5, 0.6) is 0 Å². The summed E-state index contributed by atoms with van der Waals surface area (Å²) >= 11 is 1.37. The van der Waals surface area contributed by atoms with Crippen molar-refractivity contribution in [3.05, 3.63) is 0 Å². The van der Waals surface area contributed by atoms with Gasteiger partial charge in [0.1, 0.15) is 0 Å². The van der Waals surface area contributed by atoms with E-state index in [0.717, 1.165) is 0 Å². The molecule has 92 valence electrons. The number of hydrogen-bond acceptors (Lipinski definition) is 0. The van der Waals surface area contributed by atoms with Gasteiger partial charge >= 0.3 is 12.4 Å². The molecule has 0 fully saturated rings. The average molecular weight is 352 g/mol. The summed E-state index contributed by atoms with van der Waals surface area (Å²) in [6.45, 7) is 1.39. The minimum absolute atomic E-state index is 0.0401. The molecule has 0 bridgehead atoms. The number of alkyl halides is 8. The molecule has 0 rings (SSSR count). The van der Waals surface area contributed by atoms with Crippen molar-refractivity contribution in [1.29, 1.82) is 0 Å². The van der Waals surface area contributed by atoms with Gasteiger partial charge in [-0.15, -0.1) is 0 Å². The normalized spacial score (nSPS) is 16.6. The van der Waals surface area contributed by atoms with Crippen LogP contribution in [0.4, 0.5) is 30.7 Å². The molecule has 0 N–H and O–H groups in total. The Kier molecular flexibility index (Phi) is 4.70. The SMILES string of the molecule is CC[C@@H](I)CC(F)(C(F)(F)F)C(F)(F)F. The zero-order valence-corrected chi connectivity index (χ0v) is 9.67. The number of hydrogen-bond donors (Lipinski definition) is 0. The Morgan fingerprint density at radius 3 is 1.47 bits per heavy atom. The third-order valence-electron chi connectivity index (χ3n) is 1.84. The lowest BCUT2D eigenvalue weighted by Gasteiger charge is -2.31. The van der Waals surface area contributed by atoms with Gasteiger partial charge in [-0.2, -0.15) is 26.3 Å². The molecular formula is C7H8F7I. The van der Waals surface area contributed by atoms with Gasteiger partial charge in [-0.25, -0.2) is 4.39 Å². The Morgan fingerprint density at radius 1 is 0.933 bits per heavy atom. The Balaban J connectivity index is 5.06. The maximum absolute atomic E-state index is 13.0. The van der Waals surface area contributed by atoms with E-state index in [4.69, 9.17) is 0 Å². The summed E-state index contributed by atoms with van der Waals surface area (Å²) in [5.41, 5.74) is -5.11. The molecule has 1 atom stereocenters. The van der Waals surface area contributed by atoms with E-state index in [9.17, 15) is 30.7 Å². The molecule has 0 aromatic rings. The fourth-order valence-corrected chi connectivity index (χ4v) is 1.45. The zero-order valence-electron chi connectivity index (χ0n) is 7.52. The predicted octanol–water partition coefficient (Wildman–Crippen LogP) is 4.42. The second-order valence-corrected chi connectivity index (χ2v) is 4.77. The maximum atomic E-state index is 13.0. The molecule has 0 aliphatic rings. The molecule has 0 unspecified atom stereocenters. The Labute approximate surface area is 95.3 Å². The minimum atomic E-state index is -5.93. The summed E-state index contributed by atoms with van der Waals surface area (Å²) in [5, 5.41) is 0. The van der Waals surface area contributed by atoms with Crippen LogP contribution in [0.15, 0.2) is 0 Å².